The molecule has 0 saturated heterocycles. The molecule has 1 aromatic heterocycles. The molecule has 0 radical (unpaired) electrons. The largest absolute Gasteiger partial charge is 0.135 e. The van der Waals surface area contributed by atoms with Gasteiger partial charge in [0.05, 0.1) is 0 Å². The third-order valence-corrected chi connectivity index (χ3v) is 5.05. The molecular formula is C22H16S. The third-order valence-electron chi connectivity index (χ3n) is 3.89. The molecule has 110 valence electrons. The van der Waals surface area contributed by atoms with Gasteiger partial charge in [0.1, 0.15) is 0 Å². The van der Waals surface area contributed by atoms with Crippen molar-refractivity contribution < 1.29 is 0 Å². The normalized spacial score (nSPS) is 11.3. The van der Waals surface area contributed by atoms with E-state index in [1.165, 1.54) is 31.7 Å². The quantitative estimate of drug-likeness (QED) is 0.367. The van der Waals surface area contributed by atoms with Crippen molar-refractivity contribution in [3.8, 4) is 10.4 Å². The van der Waals surface area contributed by atoms with Crippen molar-refractivity contribution in [1.29, 1.82) is 0 Å². The molecule has 0 saturated carbocycles. The lowest BCUT2D eigenvalue weighted by Gasteiger charge is -1.99. The van der Waals surface area contributed by atoms with Crippen LogP contribution in [0.5, 0.6) is 0 Å². The van der Waals surface area contributed by atoms with E-state index in [1.807, 2.05) is 17.4 Å². The smallest absolute Gasteiger partial charge is 0.0355 e. The fourth-order valence-electron chi connectivity index (χ4n) is 2.64. The van der Waals surface area contributed by atoms with Gasteiger partial charge in [-0.25, -0.2) is 0 Å². The summed E-state index contributed by atoms with van der Waals surface area (Å²) in [6, 6.07) is 30.0. The second-order valence-electron chi connectivity index (χ2n) is 5.51. The molecular weight excluding hydrogens is 296 g/mol. The lowest BCUT2D eigenvalue weighted by molar-refractivity contribution is 1.64. The first-order valence-electron chi connectivity index (χ1n) is 7.71. The number of benzene rings is 3. The second kappa shape index (κ2) is 6.23. The van der Waals surface area contributed by atoms with Crippen LogP contribution < -0.4 is 0 Å². The fraction of sp³-hybridized carbons (Fsp3) is 0. The minimum atomic E-state index is 1.22. The Balaban J connectivity index is 1.59. The summed E-state index contributed by atoms with van der Waals surface area (Å²) in [6.45, 7) is 0. The molecule has 23 heavy (non-hydrogen) atoms. The van der Waals surface area contributed by atoms with E-state index in [0.717, 1.165) is 0 Å². The third kappa shape index (κ3) is 3.10. The number of thiophene rings is 1. The van der Waals surface area contributed by atoms with Crippen molar-refractivity contribution in [2.45, 2.75) is 0 Å². The molecule has 0 fully saturated rings. The molecule has 0 bridgehead atoms. The average molecular weight is 312 g/mol. The lowest BCUT2D eigenvalue weighted by atomic mass is 10.1. The summed E-state index contributed by atoms with van der Waals surface area (Å²) >= 11 is 1.85. The SMILES string of the molecule is C(=Cc1ccc(-c2cc3ccccc3s2)cc1)c1ccccc1. The molecule has 0 unspecified atom stereocenters. The molecule has 0 N–H and O–H groups in total. The Morgan fingerprint density at radius 3 is 2.00 bits per heavy atom. The van der Waals surface area contributed by atoms with Crippen LogP contribution in [-0.2, 0) is 0 Å². The Hall–Kier alpha value is -2.64. The number of hydrogen-bond acceptors (Lipinski definition) is 1. The summed E-state index contributed by atoms with van der Waals surface area (Å²) in [5.41, 5.74) is 3.72. The maximum atomic E-state index is 2.27. The second-order valence-corrected chi connectivity index (χ2v) is 6.60. The first kappa shape index (κ1) is 14.0. The van der Waals surface area contributed by atoms with Crippen molar-refractivity contribution >= 4 is 33.6 Å². The van der Waals surface area contributed by atoms with Gasteiger partial charge in [0.15, 0.2) is 0 Å². The Morgan fingerprint density at radius 1 is 0.609 bits per heavy atom. The maximum absolute atomic E-state index is 2.27. The lowest BCUT2D eigenvalue weighted by Crippen LogP contribution is -1.75. The van der Waals surface area contributed by atoms with Gasteiger partial charge in [-0.1, -0.05) is 84.9 Å². The minimum Gasteiger partial charge on any atom is -0.135 e. The molecule has 1 heterocycles. The summed E-state index contributed by atoms with van der Waals surface area (Å²) < 4.78 is 1.34. The first-order chi connectivity index (χ1) is 11.4. The van der Waals surface area contributed by atoms with E-state index >= 15 is 0 Å². The van der Waals surface area contributed by atoms with Crippen molar-refractivity contribution in [3.05, 3.63) is 96.1 Å². The van der Waals surface area contributed by atoms with Gasteiger partial charge in [0.2, 0.25) is 0 Å². The summed E-state index contributed by atoms with van der Waals surface area (Å²) in [5, 5.41) is 1.32. The van der Waals surface area contributed by atoms with Gasteiger partial charge in [-0.05, 0) is 34.2 Å². The number of fused-ring (bicyclic) bond motifs is 1. The summed E-state index contributed by atoms with van der Waals surface area (Å²) in [6.07, 6.45) is 4.30. The molecule has 0 aliphatic rings. The van der Waals surface area contributed by atoms with Crippen LogP contribution >= 0.6 is 11.3 Å². The van der Waals surface area contributed by atoms with Gasteiger partial charge in [-0.3, -0.25) is 0 Å². The Morgan fingerprint density at radius 2 is 1.26 bits per heavy atom. The first-order valence-corrected chi connectivity index (χ1v) is 8.52. The highest BCUT2D eigenvalue weighted by Crippen LogP contribution is 2.33. The zero-order valence-electron chi connectivity index (χ0n) is 12.6. The number of rotatable bonds is 3. The maximum Gasteiger partial charge on any atom is 0.0355 e. The van der Waals surface area contributed by atoms with Crippen LogP contribution in [-0.4, -0.2) is 0 Å². The van der Waals surface area contributed by atoms with E-state index < -0.39 is 0 Å². The van der Waals surface area contributed by atoms with E-state index in [-0.39, 0.29) is 0 Å². The minimum absolute atomic E-state index is 1.22. The summed E-state index contributed by atoms with van der Waals surface area (Å²) in [7, 11) is 0. The molecule has 0 spiro atoms. The van der Waals surface area contributed by atoms with Gasteiger partial charge >= 0.3 is 0 Å². The highest BCUT2D eigenvalue weighted by Gasteiger charge is 2.03. The number of hydrogen-bond donors (Lipinski definition) is 0. The zero-order chi connectivity index (χ0) is 15.5. The van der Waals surface area contributed by atoms with Crippen molar-refractivity contribution in [3.63, 3.8) is 0 Å². The monoisotopic (exact) mass is 312 g/mol. The highest BCUT2D eigenvalue weighted by atomic mass is 32.1. The summed E-state index contributed by atoms with van der Waals surface area (Å²) in [4.78, 5) is 1.32. The van der Waals surface area contributed by atoms with E-state index in [0.29, 0.717) is 0 Å². The molecule has 4 rings (SSSR count). The van der Waals surface area contributed by atoms with Crippen LogP contribution in [0.2, 0.25) is 0 Å². The van der Waals surface area contributed by atoms with E-state index in [1.54, 1.807) is 0 Å². The predicted molar refractivity (Wildman–Crippen MR) is 103 cm³/mol. The van der Waals surface area contributed by atoms with Crippen LogP contribution in [0.15, 0.2) is 84.9 Å². The zero-order valence-corrected chi connectivity index (χ0v) is 13.5. The topological polar surface area (TPSA) is 0 Å². The van der Waals surface area contributed by atoms with Crippen molar-refractivity contribution in [2.75, 3.05) is 0 Å². The standard InChI is InChI=1S/C22H16S/c1-2-6-17(7-3-1)10-11-18-12-14-19(15-13-18)22-16-20-8-4-5-9-21(20)23-22/h1-16H. The molecule has 0 atom stereocenters. The van der Waals surface area contributed by atoms with Crippen LogP contribution in [0, 0.1) is 0 Å². The van der Waals surface area contributed by atoms with Gasteiger partial charge in [0.25, 0.3) is 0 Å². The summed E-state index contributed by atoms with van der Waals surface area (Å²) in [5.74, 6) is 0. The Kier molecular flexibility index (Phi) is 3.79. The van der Waals surface area contributed by atoms with E-state index in [2.05, 4.69) is 91.0 Å². The van der Waals surface area contributed by atoms with Crippen LogP contribution in [0.4, 0.5) is 0 Å². The van der Waals surface area contributed by atoms with E-state index in [9.17, 15) is 0 Å². The molecule has 0 amide bonds. The van der Waals surface area contributed by atoms with Crippen LogP contribution in [0.1, 0.15) is 11.1 Å². The highest BCUT2D eigenvalue weighted by molar-refractivity contribution is 7.22. The molecule has 0 nitrogen and oxygen atoms in total. The predicted octanol–water partition coefficient (Wildman–Crippen LogP) is 6.74. The Bertz CT molecular complexity index is 911. The molecule has 0 aliphatic heterocycles. The van der Waals surface area contributed by atoms with Gasteiger partial charge in [-0.2, -0.15) is 0 Å². The Labute approximate surface area is 140 Å². The van der Waals surface area contributed by atoms with E-state index in [4.69, 9.17) is 0 Å². The van der Waals surface area contributed by atoms with Crippen LogP contribution in [0.25, 0.3) is 32.7 Å². The molecule has 1 heteroatoms. The van der Waals surface area contributed by atoms with Gasteiger partial charge in [-0.15, -0.1) is 11.3 Å². The molecule has 0 aliphatic carbocycles. The van der Waals surface area contributed by atoms with Crippen molar-refractivity contribution in [2.24, 2.45) is 0 Å². The molecule has 4 aromatic rings. The van der Waals surface area contributed by atoms with Crippen molar-refractivity contribution in [1.82, 2.24) is 0 Å². The molecule has 3 aromatic carbocycles. The average Bonchev–Trinajstić information content (AvgIpc) is 3.05. The fourth-order valence-corrected chi connectivity index (χ4v) is 3.71. The van der Waals surface area contributed by atoms with Gasteiger partial charge in [0, 0.05) is 9.58 Å². The van der Waals surface area contributed by atoms with Gasteiger partial charge < -0.3 is 0 Å². The van der Waals surface area contributed by atoms with Crippen LogP contribution in [0.3, 0.4) is 0 Å².